The number of dihydropyridines is 1. The molecule has 5 nitrogen and oxygen atoms in total. The van der Waals surface area contributed by atoms with Crippen LogP contribution in [0.4, 0.5) is 4.79 Å². The van der Waals surface area contributed by atoms with Gasteiger partial charge in [0.25, 0.3) is 0 Å². The SMILES string of the molecule is COC(=O)OC1=C(C)NC(C)=C(C)C1c1ccccc1OCSc1ccccc1. The van der Waals surface area contributed by atoms with E-state index < -0.39 is 6.16 Å². The molecule has 1 N–H and O–H groups in total. The summed E-state index contributed by atoms with van der Waals surface area (Å²) in [6.07, 6.45) is -0.739. The number of methoxy groups -OCH3 is 1. The van der Waals surface area contributed by atoms with Crippen LogP contribution >= 0.6 is 11.8 Å². The minimum atomic E-state index is -0.739. The molecule has 1 aliphatic heterocycles. The third-order valence-electron chi connectivity index (χ3n) is 4.80. The molecule has 3 rings (SSSR count). The predicted octanol–water partition coefficient (Wildman–Crippen LogP) is 5.81. The zero-order valence-electron chi connectivity index (χ0n) is 17.0. The Hall–Kier alpha value is -2.86. The van der Waals surface area contributed by atoms with Crippen LogP contribution in [0.3, 0.4) is 0 Å². The van der Waals surface area contributed by atoms with Crippen molar-refractivity contribution in [2.24, 2.45) is 0 Å². The van der Waals surface area contributed by atoms with E-state index in [9.17, 15) is 4.79 Å². The number of thioether (sulfide) groups is 1. The third-order valence-corrected chi connectivity index (χ3v) is 5.65. The van der Waals surface area contributed by atoms with Crippen LogP contribution < -0.4 is 10.1 Å². The quantitative estimate of drug-likeness (QED) is 0.368. The zero-order chi connectivity index (χ0) is 20.8. The Kier molecular flexibility index (Phi) is 6.88. The molecule has 6 heteroatoms. The highest BCUT2D eigenvalue weighted by molar-refractivity contribution is 7.99. The lowest BCUT2D eigenvalue weighted by Gasteiger charge is -2.30. The van der Waals surface area contributed by atoms with Crippen LogP contribution in [0.1, 0.15) is 32.3 Å². The molecule has 29 heavy (non-hydrogen) atoms. The van der Waals surface area contributed by atoms with Crippen molar-refractivity contribution in [3.63, 3.8) is 0 Å². The van der Waals surface area contributed by atoms with Gasteiger partial charge in [0, 0.05) is 16.2 Å². The Labute approximate surface area is 175 Å². The molecular weight excluding hydrogens is 386 g/mol. The molecule has 2 aromatic rings. The summed E-state index contributed by atoms with van der Waals surface area (Å²) in [7, 11) is 1.30. The number of rotatable bonds is 6. The van der Waals surface area contributed by atoms with Crippen molar-refractivity contribution < 1.29 is 19.0 Å². The van der Waals surface area contributed by atoms with Crippen molar-refractivity contribution in [2.75, 3.05) is 13.0 Å². The summed E-state index contributed by atoms with van der Waals surface area (Å²) in [4.78, 5) is 13.0. The second-order valence-corrected chi connectivity index (χ2v) is 7.66. The molecule has 2 aromatic carbocycles. The topological polar surface area (TPSA) is 56.8 Å². The third kappa shape index (κ3) is 4.95. The van der Waals surface area contributed by atoms with E-state index in [1.807, 2.05) is 63.2 Å². The standard InChI is InChI=1S/C23H25NO4S/c1-15-16(2)24-17(3)22(28-23(25)26-4)21(15)19-12-8-9-13-20(19)27-14-29-18-10-6-5-7-11-18/h5-13,21,24H,14H2,1-4H3. The second kappa shape index (κ2) is 9.56. The van der Waals surface area contributed by atoms with Crippen LogP contribution in [0.2, 0.25) is 0 Å². The molecule has 0 radical (unpaired) electrons. The maximum Gasteiger partial charge on any atom is 0.513 e. The minimum absolute atomic E-state index is 0.242. The van der Waals surface area contributed by atoms with Gasteiger partial charge in [-0.1, -0.05) is 48.2 Å². The number of hydrogen-bond acceptors (Lipinski definition) is 6. The summed E-state index contributed by atoms with van der Waals surface area (Å²) in [6.45, 7) is 5.92. The Bertz CT molecular complexity index is 937. The van der Waals surface area contributed by atoms with Crippen LogP contribution in [0.15, 0.2) is 82.2 Å². The van der Waals surface area contributed by atoms with Crippen LogP contribution in [0, 0.1) is 0 Å². The monoisotopic (exact) mass is 411 g/mol. The van der Waals surface area contributed by atoms with Crippen molar-refractivity contribution >= 4 is 17.9 Å². The molecule has 0 amide bonds. The molecule has 0 spiro atoms. The lowest BCUT2D eigenvalue weighted by molar-refractivity contribution is 0.0919. The Morgan fingerprint density at radius 3 is 2.41 bits per heavy atom. The molecule has 0 saturated carbocycles. The fourth-order valence-electron chi connectivity index (χ4n) is 3.24. The number of allylic oxidation sites excluding steroid dienone is 3. The highest BCUT2D eigenvalue weighted by Crippen LogP contribution is 2.42. The molecule has 0 bridgehead atoms. The van der Waals surface area contributed by atoms with Crippen molar-refractivity contribution in [1.82, 2.24) is 5.32 Å². The van der Waals surface area contributed by atoms with Gasteiger partial charge in [0.2, 0.25) is 0 Å². The van der Waals surface area contributed by atoms with Crippen LogP contribution in [0.25, 0.3) is 0 Å². The first-order valence-electron chi connectivity index (χ1n) is 9.31. The average molecular weight is 412 g/mol. The van der Waals surface area contributed by atoms with Crippen LogP contribution in [-0.2, 0) is 9.47 Å². The largest absolute Gasteiger partial charge is 0.513 e. The first-order valence-corrected chi connectivity index (χ1v) is 10.3. The Morgan fingerprint density at radius 1 is 1.00 bits per heavy atom. The number of carbonyl (C=O) groups excluding carboxylic acids is 1. The van der Waals surface area contributed by atoms with Gasteiger partial charge >= 0.3 is 6.16 Å². The van der Waals surface area contributed by atoms with E-state index in [1.54, 1.807) is 11.8 Å². The van der Waals surface area contributed by atoms with Crippen molar-refractivity contribution in [1.29, 1.82) is 0 Å². The summed E-state index contributed by atoms with van der Waals surface area (Å²) in [5, 5.41) is 3.27. The maximum absolute atomic E-state index is 11.8. The number of ether oxygens (including phenoxy) is 3. The van der Waals surface area contributed by atoms with Gasteiger partial charge in [-0.15, -0.1) is 0 Å². The first kappa shape index (κ1) is 20.9. The number of hydrogen-bond donors (Lipinski definition) is 1. The molecule has 0 aromatic heterocycles. The smallest absolute Gasteiger partial charge is 0.482 e. The van der Waals surface area contributed by atoms with Gasteiger partial charge in [-0.05, 0) is 44.5 Å². The van der Waals surface area contributed by atoms with Gasteiger partial charge in [-0.2, -0.15) is 0 Å². The fourth-order valence-corrected chi connectivity index (χ4v) is 3.91. The molecule has 0 aliphatic carbocycles. The lowest BCUT2D eigenvalue weighted by atomic mass is 9.85. The molecule has 1 aliphatic rings. The second-order valence-electron chi connectivity index (χ2n) is 6.67. The van der Waals surface area contributed by atoms with Gasteiger partial charge in [0.15, 0.2) is 0 Å². The van der Waals surface area contributed by atoms with Gasteiger partial charge in [-0.25, -0.2) is 4.79 Å². The van der Waals surface area contributed by atoms with E-state index in [-0.39, 0.29) is 5.92 Å². The Balaban J connectivity index is 1.88. The summed E-state index contributed by atoms with van der Waals surface area (Å²) in [5.74, 6) is 1.51. The average Bonchev–Trinajstić information content (AvgIpc) is 2.73. The Morgan fingerprint density at radius 2 is 1.69 bits per heavy atom. The number of benzene rings is 2. The first-order chi connectivity index (χ1) is 14.0. The van der Waals surface area contributed by atoms with Gasteiger partial charge in [0.05, 0.1) is 18.7 Å². The molecular formula is C23H25NO4S. The molecule has 1 unspecified atom stereocenters. The number of nitrogens with one attached hydrogen (secondary N) is 1. The lowest BCUT2D eigenvalue weighted by Crippen LogP contribution is -2.26. The molecule has 1 heterocycles. The van der Waals surface area contributed by atoms with E-state index >= 15 is 0 Å². The summed E-state index contributed by atoms with van der Waals surface area (Å²) < 4.78 is 16.4. The fraction of sp³-hybridized carbons (Fsp3) is 0.261. The molecule has 1 atom stereocenters. The normalized spacial score (nSPS) is 16.3. The predicted molar refractivity (Wildman–Crippen MR) is 115 cm³/mol. The number of para-hydroxylation sites is 1. The minimum Gasteiger partial charge on any atom is -0.482 e. The summed E-state index contributed by atoms with van der Waals surface area (Å²) >= 11 is 1.62. The number of carbonyl (C=O) groups is 1. The van der Waals surface area contributed by atoms with E-state index in [0.29, 0.717) is 11.7 Å². The molecule has 0 saturated heterocycles. The summed E-state index contributed by atoms with van der Waals surface area (Å²) in [6, 6.07) is 18.0. The van der Waals surface area contributed by atoms with Gasteiger partial charge in [0.1, 0.15) is 17.4 Å². The van der Waals surface area contributed by atoms with Crippen molar-refractivity contribution in [3.8, 4) is 5.75 Å². The van der Waals surface area contributed by atoms with Crippen molar-refractivity contribution in [3.05, 3.63) is 82.9 Å². The maximum atomic E-state index is 11.8. The van der Waals surface area contributed by atoms with E-state index in [1.165, 1.54) is 7.11 Å². The zero-order valence-corrected chi connectivity index (χ0v) is 17.8. The van der Waals surface area contributed by atoms with E-state index in [2.05, 4.69) is 17.4 Å². The van der Waals surface area contributed by atoms with Crippen LogP contribution in [-0.4, -0.2) is 19.2 Å². The van der Waals surface area contributed by atoms with Gasteiger partial charge in [-0.3, -0.25) is 0 Å². The van der Waals surface area contributed by atoms with Gasteiger partial charge < -0.3 is 19.5 Å². The highest BCUT2D eigenvalue weighted by atomic mass is 32.2. The van der Waals surface area contributed by atoms with E-state index in [4.69, 9.17) is 14.2 Å². The van der Waals surface area contributed by atoms with Crippen LogP contribution in [0.5, 0.6) is 5.75 Å². The summed E-state index contributed by atoms with van der Waals surface area (Å²) in [5.41, 5.74) is 3.80. The van der Waals surface area contributed by atoms with Crippen molar-refractivity contribution in [2.45, 2.75) is 31.6 Å². The molecule has 152 valence electrons. The molecule has 0 fully saturated rings. The van der Waals surface area contributed by atoms with E-state index in [0.717, 1.165) is 33.2 Å². The highest BCUT2D eigenvalue weighted by Gasteiger charge is 2.32.